The molecular formula is C14H9Cl2N4. The Morgan fingerprint density at radius 2 is 1.95 bits per heavy atom. The molecule has 1 N–H and O–H groups in total. The number of halogens is 2. The highest BCUT2D eigenvalue weighted by atomic mass is 35.5. The summed E-state index contributed by atoms with van der Waals surface area (Å²) >= 11 is 12.2. The minimum atomic E-state index is 0.418. The molecule has 4 nitrogen and oxygen atoms in total. The lowest BCUT2D eigenvalue weighted by Crippen LogP contribution is -1.96. The fourth-order valence-corrected chi connectivity index (χ4v) is 2.39. The maximum Gasteiger partial charge on any atom is 0.141 e. The number of aromatic nitrogens is 4. The number of imidazole rings is 1. The van der Waals surface area contributed by atoms with Crippen LogP contribution in [0.4, 0.5) is 0 Å². The second kappa shape index (κ2) is 5.23. The highest BCUT2D eigenvalue weighted by Crippen LogP contribution is 2.34. The monoisotopic (exact) mass is 303 g/mol. The average Bonchev–Trinajstić information content (AvgIpc) is 2.92. The average molecular weight is 304 g/mol. The smallest absolute Gasteiger partial charge is 0.141 e. The number of hydrogen-bond donors (Lipinski definition) is 1. The predicted octanol–water partition coefficient (Wildman–Crippen LogP) is 4.02. The molecule has 0 aliphatic heterocycles. The molecule has 99 valence electrons. The number of benzene rings is 1. The Morgan fingerprint density at radius 1 is 1.10 bits per heavy atom. The molecule has 3 rings (SSSR count). The van der Waals surface area contributed by atoms with Gasteiger partial charge < -0.3 is 4.98 Å². The lowest BCUT2D eigenvalue weighted by molar-refractivity contribution is 1.10. The van der Waals surface area contributed by atoms with Crippen molar-refractivity contribution in [3.63, 3.8) is 0 Å². The van der Waals surface area contributed by atoms with E-state index in [-0.39, 0.29) is 0 Å². The summed E-state index contributed by atoms with van der Waals surface area (Å²) in [6.07, 6.45) is 5.08. The van der Waals surface area contributed by atoms with E-state index in [0.717, 1.165) is 11.1 Å². The molecule has 1 radical (unpaired) electrons. The molecule has 1 aromatic carbocycles. The lowest BCUT2D eigenvalue weighted by Gasteiger charge is -2.09. The Labute approximate surface area is 125 Å². The van der Waals surface area contributed by atoms with Crippen molar-refractivity contribution in [3.05, 3.63) is 59.6 Å². The van der Waals surface area contributed by atoms with Gasteiger partial charge in [-0.2, -0.15) is 0 Å². The molecule has 0 unspecified atom stereocenters. The summed E-state index contributed by atoms with van der Waals surface area (Å²) in [5.41, 5.74) is 2.18. The van der Waals surface area contributed by atoms with Gasteiger partial charge in [0, 0.05) is 36.1 Å². The van der Waals surface area contributed by atoms with Crippen LogP contribution in [0.1, 0.15) is 5.82 Å². The van der Waals surface area contributed by atoms with Crippen molar-refractivity contribution in [3.8, 4) is 22.6 Å². The third-order valence-electron chi connectivity index (χ3n) is 2.78. The second-order valence-electron chi connectivity index (χ2n) is 4.11. The van der Waals surface area contributed by atoms with Crippen molar-refractivity contribution in [2.24, 2.45) is 0 Å². The van der Waals surface area contributed by atoms with Gasteiger partial charge in [-0.1, -0.05) is 23.2 Å². The van der Waals surface area contributed by atoms with Gasteiger partial charge in [0.15, 0.2) is 0 Å². The van der Waals surface area contributed by atoms with E-state index in [4.69, 9.17) is 23.2 Å². The first-order valence-corrected chi connectivity index (χ1v) is 6.55. The van der Waals surface area contributed by atoms with Crippen LogP contribution in [-0.2, 0) is 0 Å². The molecule has 0 spiro atoms. The Morgan fingerprint density at radius 3 is 2.65 bits per heavy atom. The first-order chi connectivity index (χ1) is 9.65. The molecule has 2 aromatic heterocycles. The summed E-state index contributed by atoms with van der Waals surface area (Å²) in [6.45, 7) is 3.75. The number of rotatable bonds is 2. The van der Waals surface area contributed by atoms with Crippen LogP contribution in [0.15, 0.2) is 36.8 Å². The topological polar surface area (TPSA) is 54.5 Å². The zero-order chi connectivity index (χ0) is 14.1. The van der Waals surface area contributed by atoms with Crippen molar-refractivity contribution in [2.45, 2.75) is 0 Å². The molecule has 2 heterocycles. The van der Waals surface area contributed by atoms with E-state index < -0.39 is 0 Å². The zero-order valence-electron chi connectivity index (χ0n) is 10.3. The summed E-state index contributed by atoms with van der Waals surface area (Å²) in [6, 6.07) is 5.26. The number of aromatic amines is 1. The molecule has 0 aliphatic carbocycles. The van der Waals surface area contributed by atoms with Gasteiger partial charge in [0.25, 0.3) is 0 Å². The van der Waals surface area contributed by atoms with Gasteiger partial charge in [-0.3, -0.25) is 0 Å². The summed E-state index contributed by atoms with van der Waals surface area (Å²) in [4.78, 5) is 15.8. The van der Waals surface area contributed by atoms with Gasteiger partial charge in [-0.05, 0) is 18.2 Å². The van der Waals surface area contributed by atoms with E-state index in [1.165, 1.54) is 0 Å². The molecule has 0 fully saturated rings. The first-order valence-electron chi connectivity index (χ1n) is 5.79. The lowest BCUT2D eigenvalue weighted by atomic mass is 10.1. The number of hydrogen-bond acceptors (Lipinski definition) is 3. The van der Waals surface area contributed by atoms with Crippen molar-refractivity contribution in [1.29, 1.82) is 0 Å². The number of nitrogens with zero attached hydrogens (tertiary/aromatic N) is 3. The summed E-state index contributed by atoms with van der Waals surface area (Å²) < 4.78 is 0. The van der Waals surface area contributed by atoms with Crippen LogP contribution in [0, 0.1) is 6.92 Å². The largest absolute Gasteiger partial charge is 0.345 e. The maximum atomic E-state index is 6.25. The fraction of sp³-hybridized carbons (Fsp3) is 0. The third kappa shape index (κ3) is 2.40. The molecule has 0 saturated heterocycles. The molecule has 0 aliphatic rings. The van der Waals surface area contributed by atoms with Crippen LogP contribution >= 0.6 is 23.2 Å². The molecule has 0 bridgehead atoms. The maximum absolute atomic E-state index is 6.25. The van der Waals surface area contributed by atoms with E-state index in [1.807, 2.05) is 6.07 Å². The van der Waals surface area contributed by atoms with E-state index in [0.29, 0.717) is 27.4 Å². The molecular weight excluding hydrogens is 295 g/mol. The second-order valence-corrected chi connectivity index (χ2v) is 4.95. The van der Waals surface area contributed by atoms with E-state index in [1.54, 1.807) is 30.7 Å². The van der Waals surface area contributed by atoms with Crippen molar-refractivity contribution >= 4 is 23.2 Å². The van der Waals surface area contributed by atoms with Crippen LogP contribution in [0.5, 0.6) is 0 Å². The summed E-state index contributed by atoms with van der Waals surface area (Å²) in [5.74, 6) is 1.09. The Balaban J connectivity index is 2.24. The van der Waals surface area contributed by atoms with Gasteiger partial charge in [0.05, 0.1) is 16.3 Å². The highest BCUT2D eigenvalue weighted by molar-refractivity contribution is 6.36. The minimum absolute atomic E-state index is 0.418. The fourth-order valence-electron chi connectivity index (χ4n) is 1.89. The molecule has 0 atom stereocenters. The zero-order valence-corrected chi connectivity index (χ0v) is 11.8. The van der Waals surface area contributed by atoms with Gasteiger partial charge in [0.2, 0.25) is 0 Å². The van der Waals surface area contributed by atoms with Crippen molar-refractivity contribution in [2.75, 3.05) is 0 Å². The molecule has 0 amide bonds. The van der Waals surface area contributed by atoms with Crippen LogP contribution in [0.2, 0.25) is 10.0 Å². The standard InChI is InChI=1S/C14H9Cl2N4/c1-8-19-7-11(14-17-4-5-18-14)13(20-8)10-3-2-9(15)6-12(10)16/h2-7H,1H2,(H,17,18). The summed E-state index contributed by atoms with van der Waals surface area (Å²) in [5, 5.41) is 1.09. The highest BCUT2D eigenvalue weighted by Gasteiger charge is 2.15. The van der Waals surface area contributed by atoms with Crippen LogP contribution in [0.25, 0.3) is 22.6 Å². The predicted molar refractivity (Wildman–Crippen MR) is 79.5 cm³/mol. The number of nitrogens with one attached hydrogen (secondary N) is 1. The third-order valence-corrected chi connectivity index (χ3v) is 3.33. The Hall–Kier alpha value is -1.91. The molecule has 3 aromatic rings. The Bertz CT molecular complexity index is 754. The van der Waals surface area contributed by atoms with Gasteiger partial charge in [0.1, 0.15) is 11.6 Å². The SMILES string of the molecule is [CH2]c1ncc(-c2ncc[nH]2)c(-c2ccc(Cl)cc2Cl)n1. The van der Waals surface area contributed by atoms with Crippen LogP contribution in [0.3, 0.4) is 0 Å². The van der Waals surface area contributed by atoms with Crippen LogP contribution in [-0.4, -0.2) is 19.9 Å². The first kappa shape index (κ1) is 13.1. The molecule has 6 heteroatoms. The van der Waals surface area contributed by atoms with E-state index in [2.05, 4.69) is 26.9 Å². The van der Waals surface area contributed by atoms with Crippen molar-refractivity contribution < 1.29 is 0 Å². The van der Waals surface area contributed by atoms with E-state index in [9.17, 15) is 0 Å². The minimum Gasteiger partial charge on any atom is -0.345 e. The van der Waals surface area contributed by atoms with Crippen molar-refractivity contribution in [1.82, 2.24) is 19.9 Å². The van der Waals surface area contributed by atoms with Crippen LogP contribution < -0.4 is 0 Å². The number of H-pyrrole nitrogens is 1. The molecule has 20 heavy (non-hydrogen) atoms. The molecule has 0 saturated carbocycles. The van der Waals surface area contributed by atoms with E-state index >= 15 is 0 Å². The Kier molecular flexibility index (Phi) is 3.42. The van der Waals surface area contributed by atoms with Gasteiger partial charge >= 0.3 is 0 Å². The van der Waals surface area contributed by atoms with Gasteiger partial charge in [-0.15, -0.1) is 0 Å². The summed E-state index contributed by atoms with van der Waals surface area (Å²) in [7, 11) is 0. The van der Waals surface area contributed by atoms with Gasteiger partial charge in [-0.25, -0.2) is 15.0 Å². The normalized spacial score (nSPS) is 10.8. The quantitative estimate of drug-likeness (QED) is 0.778.